The molecule has 0 saturated carbocycles. The Morgan fingerprint density at radius 1 is 1.39 bits per heavy atom. The van der Waals surface area contributed by atoms with E-state index in [-0.39, 0.29) is 0 Å². The van der Waals surface area contributed by atoms with Crippen LogP contribution in [0, 0.1) is 0 Å². The van der Waals surface area contributed by atoms with E-state index in [0.29, 0.717) is 12.1 Å². The van der Waals surface area contributed by atoms with Crippen molar-refractivity contribution in [2.75, 3.05) is 0 Å². The highest BCUT2D eigenvalue weighted by molar-refractivity contribution is 5.70. The Kier molecular flexibility index (Phi) is 4.04. The summed E-state index contributed by atoms with van der Waals surface area (Å²) < 4.78 is 64.7. The van der Waals surface area contributed by atoms with Gasteiger partial charge in [-0.05, 0) is 12.1 Å². The lowest BCUT2D eigenvalue weighted by Gasteiger charge is -2.11. The zero-order valence-electron chi connectivity index (χ0n) is 8.54. The summed E-state index contributed by atoms with van der Waals surface area (Å²) in [6, 6.07) is 1.04. The Hall–Kier alpha value is -1.93. The van der Waals surface area contributed by atoms with Gasteiger partial charge in [-0.2, -0.15) is 22.0 Å². The van der Waals surface area contributed by atoms with E-state index < -0.39 is 42.3 Å². The molecule has 18 heavy (non-hydrogen) atoms. The number of ether oxygens (including phenoxy) is 1. The molecule has 100 valence electrons. The van der Waals surface area contributed by atoms with Crippen LogP contribution < -0.4 is 4.74 Å². The fraction of sp³-hybridized carbons (Fsp3) is 0.333. The van der Waals surface area contributed by atoms with Crippen molar-refractivity contribution in [1.82, 2.24) is 4.98 Å². The van der Waals surface area contributed by atoms with Gasteiger partial charge in [0.2, 0.25) is 0 Å². The average molecular weight is 271 g/mol. The van der Waals surface area contributed by atoms with Gasteiger partial charge in [0, 0.05) is 0 Å². The molecule has 0 fully saturated rings. The van der Waals surface area contributed by atoms with Gasteiger partial charge in [-0.25, -0.2) is 4.98 Å². The lowest BCUT2D eigenvalue weighted by atomic mass is 10.2. The number of pyridine rings is 1. The van der Waals surface area contributed by atoms with E-state index in [4.69, 9.17) is 5.11 Å². The molecule has 0 atom stereocenters. The highest BCUT2D eigenvalue weighted by Gasteiger charge is 2.33. The van der Waals surface area contributed by atoms with Crippen LogP contribution in [0.3, 0.4) is 0 Å². The van der Waals surface area contributed by atoms with Gasteiger partial charge in [0.05, 0.1) is 12.1 Å². The number of hydrogen-bond acceptors (Lipinski definition) is 3. The normalized spacial score (nSPS) is 11.7. The van der Waals surface area contributed by atoms with Gasteiger partial charge in [0.1, 0.15) is 11.4 Å². The highest BCUT2D eigenvalue weighted by Crippen LogP contribution is 2.30. The van der Waals surface area contributed by atoms with Gasteiger partial charge < -0.3 is 9.84 Å². The number of rotatable bonds is 4. The van der Waals surface area contributed by atoms with Crippen LogP contribution in [0.5, 0.6) is 5.75 Å². The second-order valence-corrected chi connectivity index (χ2v) is 3.09. The second-order valence-electron chi connectivity index (χ2n) is 3.09. The Labute approximate surface area is 97.0 Å². The molecule has 0 aliphatic heterocycles. The van der Waals surface area contributed by atoms with Crippen molar-refractivity contribution in [2.45, 2.75) is 19.2 Å². The molecule has 0 spiro atoms. The van der Waals surface area contributed by atoms with Crippen molar-refractivity contribution < 1.29 is 36.6 Å². The first-order chi connectivity index (χ1) is 8.20. The maximum absolute atomic E-state index is 12.3. The molecule has 0 amide bonds. The van der Waals surface area contributed by atoms with E-state index in [9.17, 15) is 26.7 Å². The van der Waals surface area contributed by atoms with E-state index in [0.717, 1.165) is 0 Å². The molecule has 1 aromatic rings. The molecule has 1 heterocycles. The quantitative estimate of drug-likeness (QED) is 0.854. The average Bonchev–Trinajstić information content (AvgIpc) is 2.17. The molecule has 0 bridgehead atoms. The third-order valence-electron chi connectivity index (χ3n) is 1.76. The highest BCUT2D eigenvalue weighted by atomic mass is 19.4. The summed E-state index contributed by atoms with van der Waals surface area (Å²) >= 11 is 0. The topological polar surface area (TPSA) is 59.4 Å². The fourth-order valence-electron chi connectivity index (χ4n) is 1.12. The van der Waals surface area contributed by atoms with Crippen molar-refractivity contribution in [3.05, 3.63) is 23.5 Å². The zero-order chi connectivity index (χ0) is 13.9. The molecule has 1 rings (SSSR count). The van der Waals surface area contributed by atoms with Crippen LogP contribution in [0.15, 0.2) is 12.1 Å². The minimum absolute atomic E-state index is 0.434. The molecule has 0 aromatic carbocycles. The van der Waals surface area contributed by atoms with Gasteiger partial charge in [-0.3, -0.25) is 4.79 Å². The number of carbonyl (C=O) groups is 1. The van der Waals surface area contributed by atoms with Crippen LogP contribution in [0.4, 0.5) is 22.0 Å². The van der Waals surface area contributed by atoms with E-state index in [1.165, 1.54) is 0 Å². The van der Waals surface area contributed by atoms with E-state index >= 15 is 0 Å². The lowest BCUT2D eigenvalue weighted by Crippen LogP contribution is -2.14. The third-order valence-corrected chi connectivity index (χ3v) is 1.76. The number of carboxylic acids is 1. The molecule has 0 aliphatic carbocycles. The van der Waals surface area contributed by atoms with Crippen LogP contribution in [-0.2, 0) is 17.4 Å². The predicted octanol–water partition coefficient (Wildman–Crippen LogP) is 2.33. The van der Waals surface area contributed by atoms with Gasteiger partial charge >= 0.3 is 18.8 Å². The van der Waals surface area contributed by atoms with Gasteiger partial charge in [0.25, 0.3) is 0 Å². The largest absolute Gasteiger partial charge is 0.481 e. The fourth-order valence-corrected chi connectivity index (χ4v) is 1.12. The van der Waals surface area contributed by atoms with Crippen molar-refractivity contribution in [2.24, 2.45) is 0 Å². The van der Waals surface area contributed by atoms with Crippen molar-refractivity contribution >= 4 is 5.97 Å². The molecule has 0 saturated heterocycles. The van der Waals surface area contributed by atoms with Crippen LogP contribution >= 0.6 is 0 Å². The van der Waals surface area contributed by atoms with E-state index in [1.807, 2.05) is 0 Å². The Morgan fingerprint density at radius 2 is 2.00 bits per heavy atom. The predicted molar refractivity (Wildman–Crippen MR) is 47.2 cm³/mol. The van der Waals surface area contributed by atoms with Gasteiger partial charge in [0.15, 0.2) is 0 Å². The first-order valence-electron chi connectivity index (χ1n) is 4.44. The molecule has 9 heteroatoms. The summed E-state index contributed by atoms with van der Waals surface area (Å²) in [5.41, 5.74) is -2.09. The molecule has 1 N–H and O–H groups in total. The molecule has 0 radical (unpaired) electrons. The van der Waals surface area contributed by atoms with Gasteiger partial charge in [-0.15, -0.1) is 0 Å². The summed E-state index contributed by atoms with van der Waals surface area (Å²) in [5.74, 6) is -2.21. The molecular formula is C9H6F5NO3. The molecule has 0 unspecified atom stereocenters. The number of halogens is 5. The van der Waals surface area contributed by atoms with Crippen LogP contribution in [0.1, 0.15) is 11.4 Å². The van der Waals surface area contributed by atoms with Crippen LogP contribution in [0.2, 0.25) is 0 Å². The van der Waals surface area contributed by atoms with E-state index in [2.05, 4.69) is 9.72 Å². The molecule has 4 nitrogen and oxygen atoms in total. The maximum atomic E-state index is 12.3. The van der Waals surface area contributed by atoms with Crippen molar-refractivity contribution in [3.8, 4) is 5.75 Å². The summed E-state index contributed by atoms with van der Waals surface area (Å²) in [7, 11) is 0. The first kappa shape index (κ1) is 14.1. The second kappa shape index (κ2) is 5.15. The summed E-state index contributed by atoms with van der Waals surface area (Å²) in [4.78, 5) is 13.4. The minimum atomic E-state index is -4.80. The number of aliphatic carboxylic acids is 1. The maximum Gasteiger partial charge on any atom is 0.433 e. The van der Waals surface area contributed by atoms with Crippen molar-refractivity contribution in [1.29, 1.82) is 0 Å². The molecule has 1 aromatic heterocycles. The summed E-state index contributed by atoms with van der Waals surface area (Å²) in [5, 5.41) is 8.45. The lowest BCUT2D eigenvalue weighted by molar-refractivity contribution is -0.142. The SMILES string of the molecule is O=C(O)Cc1nc(C(F)(F)F)ccc1OC(F)F. The first-order valence-corrected chi connectivity index (χ1v) is 4.44. The molecular weight excluding hydrogens is 265 g/mol. The Balaban J connectivity index is 3.16. The number of carboxylic acid groups (broad SMARTS) is 1. The van der Waals surface area contributed by atoms with Gasteiger partial charge in [-0.1, -0.05) is 0 Å². The minimum Gasteiger partial charge on any atom is -0.481 e. The zero-order valence-corrected chi connectivity index (χ0v) is 8.54. The monoisotopic (exact) mass is 271 g/mol. The van der Waals surface area contributed by atoms with Crippen LogP contribution in [-0.4, -0.2) is 22.7 Å². The number of aromatic nitrogens is 1. The molecule has 0 aliphatic rings. The van der Waals surface area contributed by atoms with E-state index in [1.54, 1.807) is 0 Å². The number of alkyl halides is 5. The standard InChI is InChI=1S/C9H6F5NO3/c10-8(11)18-5-1-2-6(9(12,13)14)15-4(5)3-7(16)17/h1-2,8H,3H2,(H,16,17). The summed E-state index contributed by atoms with van der Waals surface area (Å²) in [6.45, 7) is -3.28. The smallest absolute Gasteiger partial charge is 0.433 e. The summed E-state index contributed by atoms with van der Waals surface area (Å²) in [6.07, 6.45) is -5.75. The number of nitrogens with zero attached hydrogens (tertiary/aromatic N) is 1. The third kappa shape index (κ3) is 3.82. The Morgan fingerprint density at radius 3 is 2.44 bits per heavy atom. The number of hydrogen-bond donors (Lipinski definition) is 1. The van der Waals surface area contributed by atoms with Crippen LogP contribution in [0.25, 0.3) is 0 Å². The van der Waals surface area contributed by atoms with Crippen molar-refractivity contribution in [3.63, 3.8) is 0 Å². The Bertz CT molecular complexity index is 446.